The molecule has 12 heteroatoms. The number of phosphoric ester groups is 1. The van der Waals surface area contributed by atoms with Gasteiger partial charge in [-0.3, -0.25) is 23.4 Å². The molecule has 0 fully saturated rings. The molecule has 66 heavy (non-hydrogen) atoms. The lowest BCUT2D eigenvalue weighted by molar-refractivity contribution is -0.161. The first-order valence-corrected chi connectivity index (χ1v) is 27.3. The van der Waals surface area contributed by atoms with E-state index in [1.54, 1.807) is 6.08 Å². The molecule has 11 nitrogen and oxygen atoms in total. The number of ether oxygens (including phenoxy) is 3. The molecule has 0 spiro atoms. The highest BCUT2D eigenvalue weighted by Gasteiger charge is 2.28. The summed E-state index contributed by atoms with van der Waals surface area (Å²) in [6.45, 7) is 4.35. The Kier molecular flexibility index (Phi) is 46.1. The van der Waals surface area contributed by atoms with Crippen molar-refractivity contribution < 1.29 is 52.2 Å². The summed E-state index contributed by atoms with van der Waals surface area (Å²) in [6, 6.07) is 0. The third-order valence-electron chi connectivity index (χ3n) is 10.6. The van der Waals surface area contributed by atoms with E-state index in [9.17, 15) is 28.9 Å². The second-order valence-electron chi connectivity index (χ2n) is 17.0. The molecule has 0 radical (unpaired) electrons. The fourth-order valence-electron chi connectivity index (χ4n) is 6.70. The molecule has 2 N–H and O–H groups in total. The van der Waals surface area contributed by atoms with Crippen molar-refractivity contribution in [1.29, 1.82) is 0 Å². The van der Waals surface area contributed by atoms with Crippen molar-refractivity contribution in [2.24, 2.45) is 0 Å². The van der Waals surface area contributed by atoms with Gasteiger partial charge in [0.25, 0.3) is 0 Å². The summed E-state index contributed by atoms with van der Waals surface area (Å²) in [5.41, 5.74) is 0. The van der Waals surface area contributed by atoms with Gasteiger partial charge in [-0.05, 0) is 64.2 Å². The highest BCUT2D eigenvalue weighted by atomic mass is 31.2. The zero-order valence-electron chi connectivity index (χ0n) is 41.6. The Morgan fingerprint density at radius 1 is 0.455 bits per heavy atom. The molecule has 0 aliphatic carbocycles. The van der Waals surface area contributed by atoms with Crippen LogP contribution < -0.4 is 0 Å². The standard InChI is InChI=1S/C54H93O11P/c1-4-7-10-13-16-19-22-24-25-27-29-31-34-37-40-43-52(56)61-47-51(65-54(58)45-42-39-36-33-30-26-23-20-17-14-11-8-5-2)49-63-66(59,60)62-48-50(46-55)64-53(57)44-41-38-35-32-28-21-18-15-12-9-6-3/h7,10,15-16,18-19,24-25,29,31,37,40,50-51,55H,4-6,8-9,11-14,17,20-23,26-28,30,32-36,38-39,41-49H2,1-3H3,(H,59,60)/b10-7-,18-15-,19-16-,25-24-,31-29-,40-37-. The Bertz CT molecular complexity index is 1390. The maximum Gasteiger partial charge on any atom is 0.472 e. The van der Waals surface area contributed by atoms with E-state index < -0.39 is 57.8 Å². The summed E-state index contributed by atoms with van der Waals surface area (Å²) in [6.07, 6.45) is 51.9. The van der Waals surface area contributed by atoms with Crippen molar-refractivity contribution in [2.45, 2.75) is 226 Å². The van der Waals surface area contributed by atoms with Crippen molar-refractivity contribution in [3.8, 4) is 0 Å². The van der Waals surface area contributed by atoms with Crippen molar-refractivity contribution >= 4 is 25.7 Å². The first kappa shape index (κ1) is 62.9. The fraction of sp³-hybridized carbons (Fsp3) is 0.722. The Labute approximate surface area is 401 Å². The molecule has 0 saturated heterocycles. The van der Waals surface area contributed by atoms with Gasteiger partial charge in [0, 0.05) is 12.8 Å². The molecule has 0 aliphatic rings. The quantitative estimate of drug-likeness (QED) is 0.0197. The van der Waals surface area contributed by atoms with E-state index in [0.717, 1.165) is 83.5 Å². The van der Waals surface area contributed by atoms with Gasteiger partial charge in [-0.2, -0.15) is 0 Å². The van der Waals surface area contributed by atoms with Crippen molar-refractivity contribution in [2.75, 3.05) is 26.4 Å². The molecule has 0 bridgehead atoms. The Balaban J connectivity index is 4.86. The number of rotatable bonds is 47. The lowest BCUT2D eigenvalue weighted by Gasteiger charge is -2.21. The Morgan fingerprint density at radius 3 is 1.32 bits per heavy atom. The van der Waals surface area contributed by atoms with Crippen LogP contribution in [-0.2, 0) is 42.2 Å². The van der Waals surface area contributed by atoms with Gasteiger partial charge < -0.3 is 24.2 Å². The topological polar surface area (TPSA) is 155 Å². The minimum absolute atomic E-state index is 0.00600. The minimum Gasteiger partial charge on any atom is -0.461 e. The van der Waals surface area contributed by atoms with Crippen molar-refractivity contribution in [1.82, 2.24) is 0 Å². The van der Waals surface area contributed by atoms with Crippen LogP contribution in [0.25, 0.3) is 0 Å². The molecule has 0 amide bonds. The van der Waals surface area contributed by atoms with Gasteiger partial charge in [0.15, 0.2) is 6.10 Å². The molecule has 380 valence electrons. The van der Waals surface area contributed by atoms with Crippen molar-refractivity contribution in [3.63, 3.8) is 0 Å². The summed E-state index contributed by atoms with van der Waals surface area (Å²) >= 11 is 0. The number of aliphatic hydroxyl groups is 1. The maximum absolute atomic E-state index is 12.8. The molecule has 0 aliphatic heterocycles. The van der Waals surface area contributed by atoms with Gasteiger partial charge in [-0.1, -0.05) is 203 Å². The zero-order valence-corrected chi connectivity index (χ0v) is 42.5. The molecular formula is C54H93O11P. The lowest BCUT2D eigenvalue weighted by Crippen LogP contribution is -2.30. The first-order valence-electron chi connectivity index (χ1n) is 25.8. The van der Waals surface area contributed by atoms with Crippen LogP contribution in [0.2, 0.25) is 0 Å². The third-order valence-corrected chi connectivity index (χ3v) is 11.6. The second-order valence-corrected chi connectivity index (χ2v) is 18.4. The number of carbonyl (C=O) groups excluding carboxylic acids is 3. The number of carbonyl (C=O) groups is 3. The SMILES string of the molecule is CC/C=C\C/C=C\C/C=C\C/C=C\C/C=C\CC(=O)OCC(COP(=O)(O)OCC(CO)OC(=O)CCCCCCC/C=C\CCCC)OC(=O)CCCCCCCCCCCCCCC. The number of unbranched alkanes of at least 4 members (excludes halogenated alkanes) is 19. The van der Waals surface area contributed by atoms with Crippen LogP contribution in [0, 0.1) is 0 Å². The molecule has 3 unspecified atom stereocenters. The van der Waals surface area contributed by atoms with Gasteiger partial charge in [0.2, 0.25) is 0 Å². The third kappa shape index (κ3) is 46.0. The van der Waals surface area contributed by atoms with Crippen molar-refractivity contribution in [3.05, 3.63) is 72.9 Å². The second kappa shape index (κ2) is 48.4. The Morgan fingerprint density at radius 2 is 0.848 bits per heavy atom. The first-order chi connectivity index (χ1) is 32.2. The van der Waals surface area contributed by atoms with Crippen LogP contribution in [0.5, 0.6) is 0 Å². The van der Waals surface area contributed by atoms with E-state index in [2.05, 4.69) is 75.5 Å². The molecule has 0 aromatic carbocycles. The summed E-state index contributed by atoms with van der Waals surface area (Å²) in [7, 11) is -4.76. The summed E-state index contributed by atoms with van der Waals surface area (Å²) in [5.74, 6) is -1.63. The number of phosphoric acid groups is 1. The highest BCUT2D eigenvalue weighted by Crippen LogP contribution is 2.43. The van der Waals surface area contributed by atoms with Crippen LogP contribution in [0.15, 0.2) is 72.9 Å². The molecule has 0 saturated carbocycles. The maximum atomic E-state index is 12.8. The van der Waals surface area contributed by atoms with E-state index in [0.29, 0.717) is 19.3 Å². The number of aliphatic hydroxyl groups excluding tert-OH is 1. The van der Waals surface area contributed by atoms with E-state index in [1.165, 1.54) is 70.6 Å². The van der Waals surface area contributed by atoms with Crippen LogP contribution in [0.1, 0.15) is 213 Å². The molecule has 0 rings (SSSR count). The number of allylic oxidation sites excluding steroid dienone is 11. The number of hydrogen-bond acceptors (Lipinski definition) is 10. The fourth-order valence-corrected chi connectivity index (χ4v) is 7.49. The van der Waals surface area contributed by atoms with Crippen LogP contribution in [0.4, 0.5) is 0 Å². The molecule has 0 aromatic heterocycles. The molecular weight excluding hydrogens is 856 g/mol. The van der Waals surface area contributed by atoms with Crippen LogP contribution in [-0.4, -0.2) is 66.5 Å². The molecule has 3 atom stereocenters. The van der Waals surface area contributed by atoms with E-state index in [1.807, 2.05) is 12.2 Å². The smallest absolute Gasteiger partial charge is 0.461 e. The molecule has 0 aromatic rings. The lowest BCUT2D eigenvalue weighted by atomic mass is 10.0. The normalized spacial score (nSPS) is 14.1. The Hall–Kier alpha value is -3.08. The van der Waals surface area contributed by atoms with Gasteiger partial charge in [0.05, 0.1) is 26.2 Å². The predicted molar refractivity (Wildman–Crippen MR) is 270 cm³/mol. The summed E-state index contributed by atoms with van der Waals surface area (Å²) in [4.78, 5) is 48.2. The minimum atomic E-state index is -4.76. The average molecular weight is 949 g/mol. The summed E-state index contributed by atoms with van der Waals surface area (Å²) < 4.78 is 39.2. The monoisotopic (exact) mass is 949 g/mol. The average Bonchev–Trinajstić information content (AvgIpc) is 3.30. The van der Waals surface area contributed by atoms with Gasteiger partial charge in [0.1, 0.15) is 12.7 Å². The largest absolute Gasteiger partial charge is 0.472 e. The number of hydrogen-bond donors (Lipinski definition) is 2. The van der Waals surface area contributed by atoms with E-state index in [-0.39, 0.29) is 25.9 Å². The van der Waals surface area contributed by atoms with E-state index >= 15 is 0 Å². The van der Waals surface area contributed by atoms with Crippen LogP contribution in [0.3, 0.4) is 0 Å². The molecule has 0 heterocycles. The van der Waals surface area contributed by atoms with Gasteiger partial charge in [-0.15, -0.1) is 0 Å². The summed E-state index contributed by atoms with van der Waals surface area (Å²) in [5, 5.41) is 9.75. The van der Waals surface area contributed by atoms with Gasteiger partial charge >= 0.3 is 25.7 Å². The number of esters is 3. The van der Waals surface area contributed by atoms with Gasteiger partial charge in [-0.25, -0.2) is 4.57 Å². The predicted octanol–water partition coefficient (Wildman–Crippen LogP) is 14.6. The van der Waals surface area contributed by atoms with Crippen LogP contribution >= 0.6 is 7.82 Å². The highest BCUT2D eigenvalue weighted by molar-refractivity contribution is 7.47. The zero-order chi connectivity index (χ0) is 48.4. The van der Waals surface area contributed by atoms with E-state index in [4.69, 9.17) is 23.3 Å².